The molecule has 8 nitrogen and oxygen atoms in total. The molecule has 0 saturated heterocycles. The van der Waals surface area contributed by atoms with Crippen LogP contribution in [0.4, 0.5) is 0 Å². The molecule has 1 aliphatic rings. The largest absolute Gasteiger partial charge is 0.486 e. The van der Waals surface area contributed by atoms with Crippen molar-refractivity contribution in [2.24, 2.45) is 0 Å². The van der Waals surface area contributed by atoms with E-state index >= 15 is 0 Å². The molecule has 33 heavy (non-hydrogen) atoms. The molecule has 166 valence electrons. The van der Waals surface area contributed by atoms with Crippen molar-refractivity contribution in [1.82, 2.24) is 19.6 Å². The number of nitrogens with zero attached hydrogens (tertiary/aromatic N) is 4. The number of hydrogen-bond donors (Lipinski definition) is 0. The third-order valence-corrected chi connectivity index (χ3v) is 7.15. The van der Waals surface area contributed by atoms with E-state index in [0.29, 0.717) is 39.3 Å². The molecule has 0 saturated carbocycles. The molecule has 4 aromatic heterocycles. The zero-order valence-corrected chi connectivity index (χ0v) is 18.9. The van der Waals surface area contributed by atoms with E-state index in [1.807, 2.05) is 25.1 Å². The lowest BCUT2D eigenvalue weighted by Crippen LogP contribution is -1.99. The van der Waals surface area contributed by atoms with E-state index in [1.165, 1.54) is 36.0 Å². The standard InChI is InChI=1S/C24H20N4O4S/c1-13-19-22-26-21(27-28(22)12-25-23(19)33-20(13)24(29)30-2)18-9-8-17(32-18)11-31-16-7-6-14-4-3-5-15(14)10-16/h6-10,12H,3-5,11H2,1-2H3. The Morgan fingerprint density at radius 1 is 1.21 bits per heavy atom. The number of ether oxygens (including phenoxy) is 2. The number of aromatic nitrogens is 4. The summed E-state index contributed by atoms with van der Waals surface area (Å²) in [5, 5.41) is 5.30. The molecule has 0 fully saturated rings. The van der Waals surface area contributed by atoms with Gasteiger partial charge in [0.15, 0.2) is 11.4 Å². The molecular formula is C24H20N4O4S. The Labute approximate surface area is 192 Å². The summed E-state index contributed by atoms with van der Waals surface area (Å²) >= 11 is 1.29. The molecule has 0 atom stereocenters. The molecule has 0 amide bonds. The minimum Gasteiger partial charge on any atom is -0.486 e. The van der Waals surface area contributed by atoms with Crippen molar-refractivity contribution in [3.63, 3.8) is 0 Å². The second-order valence-corrected chi connectivity index (χ2v) is 9.01. The van der Waals surface area contributed by atoms with Gasteiger partial charge in [-0.05, 0) is 67.1 Å². The molecule has 1 aromatic carbocycles. The zero-order valence-electron chi connectivity index (χ0n) is 18.1. The Kier molecular flexibility index (Phi) is 4.65. The molecule has 0 aliphatic heterocycles. The first kappa shape index (κ1) is 19.9. The summed E-state index contributed by atoms with van der Waals surface area (Å²) in [5.74, 6) is 2.14. The van der Waals surface area contributed by atoms with Gasteiger partial charge in [0.2, 0.25) is 5.82 Å². The van der Waals surface area contributed by atoms with Crippen molar-refractivity contribution in [3.05, 3.63) is 64.0 Å². The number of furan rings is 1. The molecular weight excluding hydrogens is 440 g/mol. The Bertz CT molecular complexity index is 1530. The van der Waals surface area contributed by atoms with E-state index in [1.54, 1.807) is 10.8 Å². The number of rotatable bonds is 5. The van der Waals surface area contributed by atoms with Crippen LogP contribution in [0.25, 0.3) is 27.4 Å². The molecule has 0 N–H and O–H groups in total. The predicted molar refractivity (Wildman–Crippen MR) is 123 cm³/mol. The monoisotopic (exact) mass is 460 g/mol. The number of carbonyl (C=O) groups excluding carboxylic acids is 1. The Hall–Kier alpha value is -3.72. The van der Waals surface area contributed by atoms with Crippen LogP contribution in [0.5, 0.6) is 5.75 Å². The molecule has 0 spiro atoms. The van der Waals surface area contributed by atoms with E-state index in [2.05, 4.69) is 27.2 Å². The third kappa shape index (κ3) is 3.36. The summed E-state index contributed by atoms with van der Waals surface area (Å²) in [6.07, 6.45) is 5.07. The highest BCUT2D eigenvalue weighted by atomic mass is 32.1. The Morgan fingerprint density at radius 2 is 2.09 bits per heavy atom. The summed E-state index contributed by atoms with van der Waals surface area (Å²) < 4.78 is 18.4. The first-order valence-corrected chi connectivity index (χ1v) is 11.5. The molecule has 1 aliphatic carbocycles. The number of aryl methyl sites for hydroxylation is 3. The van der Waals surface area contributed by atoms with Crippen molar-refractivity contribution in [1.29, 1.82) is 0 Å². The molecule has 9 heteroatoms. The smallest absolute Gasteiger partial charge is 0.348 e. The van der Waals surface area contributed by atoms with Crippen LogP contribution in [0, 0.1) is 6.92 Å². The first-order valence-electron chi connectivity index (χ1n) is 10.7. The second kappa shape index (κ2) is 7.70. The lowest BCUT2D eigenvalue weighted by atomic mass is 10.1. The van der Waals surface area contributed by atoms with Crippen molar-refractivity contribution >= 4 is 33.2 Å². The minimum atomic E-state index is -0.382. The highest BCUT2D eigenvalue weighted by molar-refractivity contribution is 7.20. The van der Waals surface area contributed by atoms with Crippen LogP contribution in [-0.2, 0) is 24.2 Å². The van der Waals surface area contributed by atoms with E-state index in [4.69, 9.17) is 13.9 Å². The van der Waals surface area contributed by atoms with Gasteiger partial charge in [-0.1, -0.05) is 6.07 Å². The fraction of sp³-hybridized carbons (Fsp3) is 0.250. The van der Waals surface area contributed by atoms with Gasteiger partial charge in [-0.3, -0.25) is 0 Å². The third-order valence-electron chi connectivity index (χ3n) is 5.97. The normalized spacial score (nSPS) is 13.0. The number of methoxy groups -OCH3 is 1. The van der Waals surface area contributed by atoms with Crippen LogP contribution in [-0.4, -0.2) is 32.7 Å². The minimum absolute atomic E-state index is 0.323. The number of fused-ring (bicyclic) bond motifs is 4. The fourth-order valence-corrected chi connectivity index (χ4v) is 5.36. The van der Waals surface area contributed by atoms with E-state index < -0.39 is 0 Å². The van der Waals surface area contributed by atoms with Gasteiger partial charge in [0.05, 0.1) is 12.5 Å². The maximum atomic E-state index is 12.1. The molecule has 0 unspecified atom stereocenters. The Morgan fingerprint density at radius 3 is 2.97 bits per heavy atom. The summed E-state index contributed by atoms with van der Waals surface area (Å²) in [7, 11) is 1.37. The number of esters is 1. The highest BCUT2D eigenvalue weighted by Crippen LogP contribution is 2.33. The lowest BCUT2D eigenvalue weighted by Gasteiger charge is -2.06. The van der Waals surface area contributed by atoms with Gasteiger partial charge in [0.25, 0.3) is 0 Å². The van der Waals surface area contributed by atoms with Gasteiger partial charge < -0.3 is 13.9 Å². The average molecular weight is 461 g/mol. The van der Waals surface area contributed by atoms with Crippen LogP contribution < -0.4 is 4.74 Å². The van der Waals surface area contributed by atoms with E-state index in [-0.39, 0.29) is 5.97 Å². The average Bonchev–Trinajstić information content (AvgIpc) is 3.61. The van der Waals surface area contributed by atoms with Crippen LogP contribution in [0.15, 0.2) is 41.1 Å². The molecule has 4 heterocycles. The first-order chi connectivity index (χ1) is 16.1. The van der Waals surface area contributed by atoms with Gasteiger partial charge in [0, 0.05) is 0 Å². The molecule has 6 rings (SSSR count). The van der Waals surface area contributed by atoms with Gasteiger partial charge in [-0.15, -0.1) is 16.4 Å². The van der Waals surface area contributed by atoms with Crippen molar-refractivity contribution in [2.75, 3.05) is 7.11 Å². The van der Waals surface area contributed by atoms with Crippen LogP contribution in [0.2, 0.25) is 0 Å². The van der Waals surface area contributed by atoms with Crippen LogP contribution in [0.3, 0.4) is 0 Å². The van der Waals surface area contributed by atoms with Gasteiger partial charge in [-0.2, -0.15) is 0 Å². The van der Waals surface area contributed by atoms with Gasteiger partial charge in [0.1, 0.15) is 34.2 Å². The number of benzene rings is 1. The van der Waals surface area contributed by atoms with Crippen molar-refractivity contribution in [2.45, 2.75) is 32.8 Å². The SMILES string of the molecule is COC(=O)c1sc2ncn3nc(-c4ccc(COc5ccc6c(c5)CCC6)o4)nc3c2c1C. The van der Waals surface area contributed by atoms with Crippen molar-refractivity contribution < 1.29 is 18.7 Å². The zero-order chi connectivity index (χ0) is 22.5. The highest BCUT2D eigenvalue weighted by Gasteiger charge is 2.21. The lowest BCUT2D eigenvalue weighted by molar-refractivity contribution is 0.0605. The number of carbonyl (C=O) groups is 1. The van der Waals surface area contributed by atoms with Gasteiger partial charge >= 0.3 is 5.97 Å². The number of thiophene rings is 1. The van der Waals surface area contributed by atoms with Crippen LogP contribution in [0.1, 0.15) is 38.5 Å². The number of hydrogen-bond acceptors (Lipinski definition) is 8. The Balaban J connectivity index is 1.28. The second-order valence-electron chi connectivity index (χ2n) is 8.01. The topological polar surface area (TPSA) is 91.8 Å². The molecule has 0 bridgehead atoms. The predicted octanol–water partition coefficient (Wildman–Crippen LogP) is 4.76. The molecule has 5 aromatic rings. The van der Waals surface area contributed by atoms with E-state index in [0.717, 1.165) is 29.5 Å². The van der Waals surface area contributed by atoms with Gasteiger partial charge in [-0.25, -0.2) is 19.3 Å². The summed E-state index contributed by atoms with van der Waals surface area (Å²) in [4.78, 5) is 22.4. The maximum absolute atomic E-state index is 12.1. The summed E-state index contributed by atoms with van der Waals surface area (Å²) in [6, 6.07) is 9.99. The fourth-order valence-electron chi connectivity index (χ4n) is 4.29. The van der Waals surface area contributed by atoms with Crippen molar-refractivity contribution in [3.8, 4) is 17.3 Å². The summed E-state index contributed by atoms with van der Waals surface area (Å²) in [5.41, 5.74) is 4.19. The molecule has 0 radical (unpaired) electrons. The maximum Gasteiger partial charge on any atom is 0.348 e. The summed E-state index contributed by atoms with van der Waals surface area (Å²) in [6.45, 7) is 2.19. The van der Waals surface area contributed by atoms with E-state index in [9.17, 15) is 4.79 Å². The van der Waals surface area contributed by atoms with Crippen LogP contribution >= 0.6 is 11.3 Å². The quantitative estimate of drug-likeness (QED) is 0.349.